The maximum atomic E-state index is 14.9. The molecule has 1 N–H and O–H groups in total. The largest absolute Gasteiger partial charge is 0.490 e. The van der Waals surface area contributed by atoms with Gasteiger partial charge >= 0.3 is 6.09 Å². The molecule has 1 saturated carbocycles. The van der Waals surface area contributed by atoms with E-state index in [1.54, 1.807) is 17.0 Å². The van der Waals surface area contributed by atoms with Crippen LogP contribution >= 0.6 is 0 Å². The first-order valence-corrected chi connectivity index (χ1v) is 12.3. The molecule has 0 unspecified atom stereocenters. The zero-order chi connectivity index (χ0) is 23.4. The van der Waals surface area contributed by atoms with Gasteiger partial charge < -0.3 is 19.5 Å². The third kappa shape index (κ3) is 6.37. The molecule has 1 aromatic carbocycles. The zero-order valence-corrected chi connectivity index (χ0v) is 20.2. The van der Waals surface area contributed by atoms with Crippen LogP contribution in [-0.2, 0) is 10.3 Å². The van der Waals surface area contributed by atoms with Gasteiger partial charge in [-0.05, 0) is 64.9 Å². The van der Waals surface area contributed by atoms with Crippen molar-refractivity contribution in [3.8, 4) is 5.75 Å². The number of rotatable bonds is 9. The van der Waals surface area contributed by atoms with Crippen molar-refractivity contribution >= 4 is 6.09 Å². The summed E-state index contributed by atoms with van der Waals surface area (Å²) in [6, 6.07) is 4.84. The number of ether oxygens (including phenoxy) is 2. The van der Waals surface area contributed by atoms with E-state index in [0.29, 0.717) is 37.6 Å². The fraction of sp³-hybridized carbons (Fsp3) is 0.731. The molecule has 180 valence electrons. The van der Waals surface area contributed by atoms with E-state index in [4.69, 9.17) is 9.47 Å². The molecule has 0 radical (unpaired) electrons. The monoisotopic (exact) mass is 449 g/mol. The Labute approximate surface area is 192 Å². The fourth-order valence-electron chi connectivity index (χ4n) is 4.54. The van der Waals surface area contributed by atoms with Crippen LogP contribution in [0.3, 0.4) is 0 Å². The number of hydrogen-bond donors (Lipinski definition) is 1. The van der Waals surface area contributed by atoms with E-state index in [0.717, 1.165) is 44.9 Å². The number of hydrogen-bond acceptors (Lipinski definition) is 4. The summed E-state index contributed by atoms with van der Waals surface area (Å²) in [5.41, 5.74) is -1.32. The highest BCUT2D eigenvalue weighted by molar-refractivity contribution is 5.68. The lowest BCUT2D eigenvalue weighted by molar-refractivity contribution is -0.0653. The molecule has 3 rings (SSSR count). The van der Waals surface area contributed by atoms with E-state index in [9.17, 15) is 14.3 Å². The van der Waals surface area contributed by atoms with Crippen molar-refractivity contribution in [2.24, 2.45) is 11.8 Å². The molecule has 1 aliphatic carbocycles. The Bertz CT molecular complexity index is 774. The van der Waals surface area contributed by atoms with Crippen molar-refractivity contribution in [1.82, 2.24) is 4.90 Å². The molecule has 0 aromatic heterocycles. The Morgan fingerprint density at radius 1 is 1.22 bits per heavy atom. The summed E-state index contributed by atoms with van der Waals surface area (Å²) in [7, 11) is 0. The van der Waals surface area contributed by atoms with Crippen molar-refractivity contribution in [3.63, 3.8) is 0 Å². The molecule has 32 heavy (non-hydrogen) atoms. The molecular formula is C26H40FNO4. The molecule has 2 atom stereocenters. The molecule has 1 heterocycles. The van der Waals surface area contributed by atoms with Gasteiger partial charge in [0.15, 0.2) is 11.6 Å². The van der Waals surface area contributed by atoms with Gasteiger partial charge in [-0.1, -0.05) is 38.3 Å². The number of carbonyl (C=O) groups is 1. The summed E-state index contributed by atoms with van der Waals surface area (Å²) >= 11 is 0. The van der Waals surface area contributed by atoms with E-state index in [2.05, 4.69) is 6.92 Å². The Morgan fingerprint density at radius 2 is 1.97 bits per heavy atom. The lowest BCUT2D eigenvalue weighted by atomic mass is 9.73. The average molecular weight is 450 g/mol. The van der Waals surface area contributed by atoms with Crippen LogP contribution in [0, 0.1) is 17.7 Å². The van der Waals surface area contributed by atoms with Crippen molar-refractivity contribution in [3.05, 3.63) is 29.6 Å². The highest BCUT2D eigenvalue weighted by Gasteiger charge is 2.44. The second-order valence-electron chi connectivity index (χ2n) is 10.5. The Morgan fingerprint density at radius 3 is 2.62 bits per heavy atom. The third-order valence-electron chi connectivity index (χ3n) is 6.50. The Hall–Kier alpha value is -1.82. The van der Waals surface area contributed by atoms with Gasteiger partial charge in [-0.2, -0.15) is 0 Å². The lowest BCUT2D eigenvalue weighted by Crippen LogP contribution is -2.49. The summed E-state index contributed by atoms with van der Waals surface area (Å²) in [5.74, 6) is 0.00310. The Balaban J connectivity index is 1.88. The smallest absolute Gasteiger partial charge is 0.410 e. The van der Waals surface area contributed by atoms with Gasteiger partial charge in [-0.25, -0.2) is 9.18 Å². The number of unbranched alkanes of at least 4 members (excludes halogenated alkanes) is 2. The molecule has 0 bridgehead atoms. The van der Waals surface area contributed by atoms with E-state index in [1.165, 1.54) is 6.07 Å². The van der Waals surface area contributed by atoms with Crippen LogP contribution in [0.25, 0.3) is 0 Å². The summed E-state index contributed by atoms with van der Waals surface area (Å²) < 4.78 is 26.4. The van der Waals surface area contributed by atoms with Gasteiger partial charge in [-0.15, -0.1) is 0 Å². The summed E-state index contributed by atoms with van der Waals surface area (Å²) in [5, 5.41) is 12.1. The van der Waals surface area contributed by atoms with Crippen molar-refractivity contribution in [2.75, 3.05) is 19.7 Å². The lowest BCUT2D eigenvalue weighted by Gasteiger charge is -2.43. The standard InChI is InChI=1S/C26H40FNO4/c1-5-6-7-15-26(30,20-10-9-16-28(17-20)24(29)32-25(2,3)4)21-11-8-12-22(27)23(21)31-18-19-13-14-19/h8,11-12,19-20,30H,5-7,9-10,13-18H2,1-4H3/t20-,26+/m1/s1. The maximum absolute atomic E-state index is 14.9. The molecule has 2 aliphatic rings. The molecule has 1 saturated heterocycles. The third-order valence-corrected chi connectivity index (χ3v) is 6.50. The number of halogens is 1. The number of amides is 1. The van der Waals surface area contributed by atoms with Crippen molar-refractivity contribution < 1.29 is 23.8 Å². The highest BCUT2D eigenvalue weighted by Crippen LogP contribution is 2.45. The van der Waals surface area contributed by atoms with Crippen LogP contribution in [-0.4, -0.2) is 41.4 Å². The molecule has 2 fully saturated rings. The summed E-state index contributed by atoms with van der Waals surface area (Å²) in [6.07, 6.45) is 6.75. The van der Waals surface area contributed by atoms with Crippen LogP contribution < -0.4 is 4.74 Å². The topological polar surface area (TPSA) is 59.0 Å². The van der Waals surface area contributed by atoms with Crippen LogP contribution in [0.5, 0.6) is 5.75 Å². The predicted molar refractivity (Wildman–Crippen MR) is 123 cm³/mol. The molecule has 1 aromatic rings. The minimum Gasteiger partial charge on any atom is -0.490 e. The summed E-state index contributed by atoms with van der Waals surface area (Å²) in [4.78, 5) is 14.4. The van der Waals surface area contributed by atoms with Gasteiger partial charge in [0.1, 0.15) is 5.60 Å². The first-order chi connectivity index (χ1) is 15.1. The maximum Gasteiger partial charge on any atom is 0.410 e. The van der Waals surface area contributed by atoms with Crippen LogP contribution in [0.4, 0.5) is 9.18 Å². The number of likely N-dealkylation sites (tertiary alicyclic amines) is 1. The van der Waals surface area contributed by atoms with Crippen LogP contribution in [0.2, 0.25) is 0 Å². The minimum absolute atomic E-state index is 0.174. The first-order valence-electron chi connectivity index (χ1n) is 12.3. The quantitative estimate of drug-likeness (QED) is 0.468. The Kier molecular flexibility index (Phi) is 8.07. The number of para-hydroxylation sites is 1. The highest BCUT2D eigenvalue weighted by atomic mass is 19.1. The van der Waals surface area contributed by atoms with Crippen LogP contribution in [0.1, 0.15) is 84.6 Å². The number of carbonyl (C=O) groups excluding carboxylic acids is 1. The average Bonchev–Trinajstić information content (AvgIpc) is 3.56. The van der Waals surface area contributed by atoms with Crippen molar-refractivity contribution in [1.29, 1.82) is 0 Å². The molecule has 0 spiro atoms. The number of nitrogens with zero attached hydrogens (tertiary/aromatic N) is 1. The van der Waals surface area contributed by atoms with Crippen LogP contribution in [0.15, 0.2) is 18.2 Å². The van der Waals surface area contributed by atoms with Gasteiger partial charge in [0, 0.05) is 24.6 Å². The number of aliphatic hydroxyl groups is 1. The predicted octanol–water partition coefficient (Wildman–Crippen LogP) is 6.03. The first kappa shape index (κ1) is 24.8. The SMILES string of the molecule is CCCCC[C@@](O)(c1cccc(F)c1OCC1CC1)[C@@H]1CCCN(C(=O)OC(C)(C)C)C1. The molecule has 1 aliphatic heterocycles. The van der Waals surface area contributed by atoms with E-state index in [1.807, 2.05) is 20.8 Å². The van der Waals surface area contributed by atoms with Gasteiger partial charge in [0.05, 0.1) is 12.2 Å². The second kappa shape index (κ2) is 10.4. The van der Waals surface area contributed by atoms with E-state index >= 15 is 0 Å². The molecule has 6 heteroatoms. The van der Waals surface area contributed by atoms with E-state index in [-0.39, 0.29) is 17.8 Å². The van der Waals surface area contributed by atoms with Gasteiger partial charge in [-0.3, -0.25) is 0 Å². The summed E-state index contributed by atoms with van der Waals surface area (Å²) in [6.45, 7) is 9.14. The minimum atomic E-state index is -1.27. The van der Waals surface area contributed by atoms with E-state index < -0.39 is 17.0 Å². The van der Waals surface area contributed by atoms with Crippen molar-refractivity contribution in [2.45, 2.75) is 90.3 Å². The van der Waals surface area contributed by atoms with Gasteiger partial charge in [0.25, 0.3) is 0 Å². The normalized spacial score (nSPS) is 21.2. The number of piperidine rings is 1. The van der Waals surface area contributed by atoms with Gasteiger partial charge in [0.2, 0.25) is 0 Å². The molecular weight excluding hydrogens is 409 g/mol. The fourth-order valence-corrected chi connectivity index (χ4v) is 4.54. The number of benzene rings is 1. The molecule has 1 amide bonds. The molecule has 5 nitrogen and oxygen atoms in total. The second-order valence-corrected chi connectivity index (χ2v) is 10.5. The zero-order valence-electron chi connectivity index (χ0n) is 20.2.